The van der Waals surface area contributed by atoms with Gasteiger partial charge in [0.15, 0.2) is 0 Å². The van der Waals surface area contributed by atoms with Crippen molar-refractivity contribution in [1.29, 1.82) is 0 Å². The van der Waals surface area contributed by atoms with E-state index in [0.29, 0.717) is 0 Å². The Morgan fingerprint density at radius 1 is 0.800 bits per heavy atom. The predicted octanol–water partition coefficient (Wildman–Crippen LogP) is 5.85. The summed E-state index contributed by atoms with van der Waals surface area (Å²) in [5.41, 5.74) is 7.14. The fraction of sp³-hybridized carbons (Fsp3) is 0.100. The first kappa shape index (κ1) is 14.1. The molecule has 0 N–H and O–H groups in total. The van der Waals surface area contributed by atoms with Crippen LogP contribution in [-0.4, -0.2) is 0 Å². The summed E-state index contributed by atoms with van der Waals surface area (Å²) < 4.78 is 0. The molecule has 0 fully saturated rings. The van der Waals surface area contributed by atoms with E-state index in [0.717, 1.165) is 17.5 Å². The molecule has 0 amide bonds. The van der Waals surface area contributed by atoms with Crippen molar-refractivity contribution in [2.45, 2.75) is 13.3 Å². The summed E-state index contributed by atoms with van der Waals surface area (Å²) in [6, 6.07) is 12.7. The lowest BCUT2D eigenvalue weighted by molar-refractivity contribution is 1.13. The van der Waals surface area contributed by atoms with Crippen LogP contribution in [0, 0.1) is 0 Å². The molecule has 0 saturated carbocycles. The average molecular weight is 260 g/mol. The predicted molar refractivity (Wildman–Crippen MR) is 91.5 cm³/mol. The molecule has 2 aromatic carbocycles. The fourth-order valence-electron chi connectivity index (χ4n) is 2.62. The van der Waals surface area contributed by atoms with Gasteiger partial charge in [0.1, 0.15) is 0 Å². The highest BCUT2D eigenvalue weighted by Gasteiger charge is 2.10. The number of benzene rings is 2. The van der Waals surface area contributed by atoms with Gasteiger partial charge in [0, 0.05) is 0 Å². The summed E-state index contributed by atoms with van der Waals surface area (Å²) in [6.45, 7) is 14.0. The van der Waals surface area contributed by atoms with Gasteiger partial charge in [-0.05, 0) is 39.8 Å². The molecule has 0 aliphatic heterocycles. The zero-order valence-corrected chi connectivity index (χ0v) is 12.0. The van der Waals surface area contributed by atoms with Gasteiger partial charge in [-0.15, -0.1) is 0 Å². The van der Waals surface area contributed by atoms with Crippen LogP contribution in [0.5, 0.6) is 0 Å². The monoisotopic (exact) mass is 260 g/mol. The van der Waals surface area contributed by atoms with Gasteiger partial charge in [-0.1, -0.05) is 81.3 Å². The zero-order valence-electron chi connectivity index (χ0n) is 12.0. The Hall–Kier alpha value is -2.34. The molecule has 0 bridgehead atoms. The van der Waals surface area contributed by atoms with Gasteiger partial charge in [0.2, 0.25) is 0 Å². The number of hydrogen-bond acceptors (Lipinski definition) is 0. The third kappa shape index (κ3) is 2.37. The molecule has 0 radical (unpaired) electrons. The molecule has 2 aromatic rings. The zero-order chi connectivity index (χ0) is 14.5. The van der Waals surface area contributed by atoms with Crippen molar-refractivity contribution in [3.8, 4) is 11.1 Å². The van der Waals surface area contributed by atoms with Crippen molar-refractivity contribution < 1.29 is 0 Å². The van der Waals surface area contributed by atoms with Crippen molar-refractivity contribution in [3.63, 3.8) is 0 Å². The standard InChI is InChI=1S/C20H20/c1-5-15-11-9-13-19(17(15)7-3)20-14-10-12-16(6-2)18(20)8-4/h5,7-14H,1,3-4,6H2,2H3. The topological polar surface area (TPSA) is 0 Å². The molecule has 0 saturated heterocycles. The lowest BCUT2D eigenvalue weighted by atomic mass is 9.89. The third-order valence-electron chi connectivity index (χ3n) is 3.64. The van der Waals surface area contributed by atoms with Gasteiger partial charge in [-0.3, -0.25) is 0 Å². The third-order valence-corrected chi connectivity index (χ3v) is 3.64. The first-order chi connectivity index (χ1) is 9.76. The van der Waals surface area contributed by atoms with Gasteiger partial charge in [0.05, 0.1) is 0 Å². The summed E-state index contributed by atoms with van der Waals surface area (Å²) in [7, 11) is 0. The first-order valence-corrected chi connectivity index (χ1v) is 6.89. The van der Waals surface area contributed by atoms with E-state index in [1.165, 1.54) is 22.3 Å². The van der Waals surface area contributed by atoms with E-state index >= 15 is 0 Å². The molecule has 0 atom stereocenters. The summed E-state index contributed by atoms with van der Waals surface area (Å²) in [4.78, 5) is 0. The van der Waals surface area contributed by atoms with Gasteiger partial charge in [-0.2, -0.15) is 0 Å². The average Bonchev–Trinajstić information content (AvgIpc) is 2.52. The first-order valence-electron chi connectivity index (χ1n) is 6.89. The van der Waals surface area contributed by atoms with Crippen LogP contribution >= 0.6 is 0 Å². The Kier molecular flexibility index (Phi) is 4.37. The summed E-state index contributed by atoms with van der Waals surface area (Å²) in [5, 5.41) is 0. The van der Waals surface area contributed by atoms with E-state index in [2.05, 4.69) is 63.1 Å². The van der Waals surface area contributed by atoms with Crippen LogP contribution in [0.3, 0.4) is 0 Å². The van der Waals surface area contributed by atoms with Crippen LogP contribution in [0.2, 0.25) is 0 Å². The minimum atomic E-state index is 1.000. The van der Waals surface area contributed by atoms with E-state index < -0.39 is 0 Å². The van der Waals surface area contributed by atoms with E-state index in [-0.39, 0.29) is 0 Å². The molecule has 2 rings (SSSR count). The van der Waals surface area contributed by atoms with E-state index in [1.54, 1.807) is 0 Å². The molecule has 0 heterocycles. The van der Waals surface area contributed by atoms with Crippen molar-refractivity contribution >= 4 is 18.2 Å². The smallest absolute Gasteiger partial charge is 0.00995 e. The minimum absolute atomic E-state index is 1.000. The molecular formula is C20H20. The normalized spacial score (nSPS) is 10.1. The quantitative estimate of drug-likeness (QED) is 0.633. The number of hydrogen-bond donors (Lipinski definition) is 0. The van der Waals surface area contributed by atoms with Crippen molar-refractivity contribution in [2.75, 3.05) is 0 Å². The summed E-state index contributed by atoms with van der Waals surface area (Å²) in [5.74, 6) is 0. The highest BCUT2D eigenvalue weighted by Crippen LogP contribution is 2.32. The Morgan fingerprint density at radius 3 is 1.95 bits per heavy atom. The van der Waals surface area contributed by atoms with Crippen LogP contribution in [0.15, 0.2) is 56.1 Å². The van der Waals surface area contributed by atoms with Gasteiger partial charge in [-0.25, -0.2) is 0 Å². The Balaban J connectivity index is 2.78. The lowest BCUT2D eigenvalue weighted by Gasteiger charge is -2.15. The maximum atomic E-state index is 3.98. The maximum absolute atomic E-state index is 3.98. The lowest BCUT2D eigenvalue weighted by Crippen LogP contribution is -1.93. The fourth-order valence-corrected chi connectivity index (χ4v) is 2.62. The largest absolute Gasteiger partial charge is 0.0984 e. The van der Waals surface area contributed by atoms with E-state index in [9.17, 15) is 0 Å². The number of aryl methyl sites for hydroxylation is 1. The molecule has 100 valence electrons. The summed E-state index contributed by atoms with van der Waals surface area (Å²) in [6.07, 6.45) is 6.72. The molecule has 0 unspecified atom stereocenters. The number of rotatable bonds is 5. The molecule has 0 spiro atoms. The second kappa shape index (κ2) is 6.21. The van der Waals surface area contributed by atoms with Gasteiger partial charge >= 0.3 is 0 Å². The van der Waals surface area contributed by atoms with Crippen molar-refractivity contribution in [3.05, 3.63) is 78.4 Å². The highest BCUT2D eigenvalue weighted by molar-refractivity contribution is 5.85. The molecule has 0 nitrogen and oxygen atoms in total. The second-order valence-corrected chi connectivity index (χ2v) is 4.65. The molecule has 0 aromatic heterocycles. The van der Waals surface area contributed by atoms with Crippen LogP contribution in [-0.2, 0) is 6.42 Å². The second-order valence-electron chi connectivity index (χ2n) is 4.65. The van der Waals surface area contributed by atoms with Gasteiger partial charge < -0.3 is 0 Å². The molecule has 0 aliphatic carbocycles. The van der Waals surface area contributed by atoms with Crippen molar-refractivity contribution in [1.82, 2.24) is 0 Å². The Bertz CT molecular complexity index is 660. The highest BCUT2D eigenvalue weighted by atomic mass is 14.1. The summed E-state index contributed by atoms with van der Waals surface area (Å²) >= 11 is 0. The molecule has 20 heavy (non-hydrogen) atoms. The van der Waals surface area contributed by atoms with Crippen LogP contribution in [0.25, 0.3) is 29.4 Å². The molecule has 0 aliphatic rings. The molecule has 0 heteroatoms. The van der Waals surface area contributed by atoms with Crippen molar-refractivity contribution in [2.24, 2.45) is 0 Å². The van der Waals surface area contributed by atoms with E-state index in [4.69, 9.17) is 0 Å². The Labute approximate surface area is 121 Å². The SMILES string of the molecule is C=Cc1cccc(-c2cccc(CC)c2C=C)c1C=C. The van der Waals surface area contributed by atoms with Crippen LogP contribution in [0.4, 0.5) is 0 Å². The maximum Gasteiger partial charge on any atom is -0.00995 e. The molecular weight excluding hydrogens is 240 g/mol. The van der Waals surface area contributed by atoms with Crippen LogP contribution < -0.4 is 0 Å². The van der Waals surface area contributed by atoms with Crippen LogP contribution in [0.1, 0.15) is 29.2 Å². The van der Waals surface area contributed by atoms with E-state index in [1.807, 2.05) is 18.2 Å². The minimum Gasteiger partial charge on any atom is -0.0984 e. The Morgan fingerprint density at radius 2 is 1.40 bits per heavy atom. The van der Waals surface area contributed by atoms with Gasteiger partial charge in [0.25, 0.3) is 0 Å².